The first-order valence-electron chi connectivity index (χ1n) is 9.47. The summed E-state index contributed by atoms with van der Waals surface area (Å²) in [6.45, 7) is 1.55. The SMILES string of the molecule is FC(F)(F)Oc1ccc(NC(=S)N2CCCC(Nc3ccc4[nH]ncc4c3)C2)cc1. The molecule has 0 bridgehead atoms. The molecule has 4 rings (SSSR count). The fraction of sp³-hybridized carbons (Fsp3) is 0.300. The number of hydrogen-bond donors (Lipinski definition) is 3. The molecule has 1 aliphatic rings. The lowest BCUT2D eigenvalue weighted by Gasteiger charge is -2.35. The third-order valence-corrected chi connectivity index (χ3v) is 5.22. The number of benzene rings is 2. The van der Waals surface area contributed by atoms with Gasteiger partial charge in [0.1, 0.15) is 5.75 Å². The Kier molecular flexibility index (Phi) is 5.67. The monoisotopic (exact) mass is 435 g/mol. The van der Waals surface area contributed by atoms with E-state index in [1.54, 1.807) is 6.20 Å². The second-order valence-corrected chi connectivity index (χ2v) is 7.49. The zero-order valence-electron chi connectivity index (χ0n) is 15.9. The van der Waals surface area contributed by atoms with Gasteiger partial charge >= 0.3 is 6.36 Å². The minimum Gasteiger partial charge on any atom is -0.406 e. The van der Waals surface area contributed by atoms with Crippen molar-refractivity contribution < 1.29 is 17.9 Å². The van der Waals surface area contributed by atoms with E-state index in [9.17, 15) is 13.2 Å². The standard InChI is InChI=1S/C20H20F3N5OS/c21-20(22,23)29-17-6-3-14(4-7-17)26-19(30)28-9-1-2-16(12-28)25-15-5-8-18-13(10-15)11-24-27-18/h3-8,10-11,16,25H,1-2,9,12H2,(H,24,27)(H,26,30). The second kappa shape index (κ2) is 8.39. The number of nitrogens with one attached hydrogen (secondary N) is 3. The van der Waals surface area contributed by atoms with E-state index in [0.29, 0.717) is 10.8 Å². The molecule has 1 atom stereocenters. The van der Waals surface area contributed by atoms with Gasteiger partial charge in [0.15, 0.2) is 5.11 Å². The highest BCUT2D eigenvalue weighted by Gasteiger charge is 2.31. The molecule has 2 aromatic carbocycles. The molecule has 0 amide bonds. The summed E-state index contributed by atoms with van der Waals surface area (Å²) >= 11 is 5.51. The normalized spacial score (nSPS) is 17.0. The van der Waals surface area contributed by atoms with Crippen LogP contribution in [0.5, 0.6) is 5.75 Å². The summed E-state index contributed by atoms with van der Waals surface area (Å²) in [6, 6.07) is 11.8. The number of H-pyrrole nitrogens is 1. The molecule has 0 saturated carbocycles. The first-order chi connectivity index (χ1) is 14.4. The molecule has 10 heteroatoms. The number of nitrogens with zero attached hydrogens (tertiary/aromatic N) is 2. The zero-order chi connectivity index (χ0) is 21.1. The van der Waals surface area contributed by atoms with Crippen LogP contribution in [0, 0.1) is 0 Å². The van der Waals surface area contributed by atoms with Crippen molar-refractivity contribution in [3.8, 4) is 5.75 Å². The van der Waals surface area contributed by atoms with E-state index in [1.807, 2.05) is 12.1 Å². The van der Waals surface area contributed by atoms with Gasteiger partial charge in [0.25, 0.3) is 0 Å². The van der Waals surface area contributed by atoms with Gasteiger partial charge in [0.2, 0.25) is 0 Å². The summed E-state index contributed by atoms with van der Waals surface area (Å²) in [6.07, 6.45) is -0.919. The quantitative estimate of drug-likeness (QED) is 0.515. The highest BCUT2D eigenvalue weighted by Crippen LogP contribution is 2.25. The Morgan fingerprint density at radius 2 is 1.93 bits per heavy atom. The molecule has 30 heavy (non-hydrogen) atoms. The fourth-order valence-corrected chi connectivity index (χ4v) is 3.77. The number of aromatic nitrogens is 2. The molecule has 2 heterocycles. The molecular weight excluding hydrogens is 415 g/mol. The lowest BCUT2D eigenvalue weighted by Crippen LogP contribution is -2.46. The van der Waals surface area contributed by atoms with Crippen LogP contribution in [-0.2, 0) is 0 Å². The van der Waals surface area contributed by atoms with Gasteiger partial charge in [0.05, 0.1) is 11.7 Å². The van der Waals surface area contributed by atoms with Gasteiger partial charge in [0, 0.05) is 35.9 Å². The number of ether oxygens (including phenoxy) is 1. The number of rotatable bonds is 4. The zero-order valence-corrected chi connectivity index (χ0v) is 16.7. The van der Waals surface area contributed by atoms with Crippen LogP contribution in [0.25, 0.3) is 10.9 Å². The van der Waals surface area contributed by atoms with E-state index in [4.69, 9.17) is 12.2 Å². The molecule has 3 aromatic rings. The number of alkyl halides is 3. The van der Waals surface area contributed by atoms with E-state index >= 15 is 0 Å². The summed E-state index contributed by atoms with van der Waals surface area (Å²) in [4.78, 5) is 2.06. The van der Waals surface area contributed by atoms with Gasteiger partial charge in [-0.25, -0.2) is 0 Å². The van der Waals surface area contributed by atoms with Crippen LogP contribution in [0.3, 0.4) is 0 Å². The van der Waals surface area contributed by atoms with Crippen LogP contribution in [0.15, 0.2) is 48.7 Å². The summed E-state index contributed by atoms with van der Waals surface area (Å²) in [5, 5.41) is 15.2. The van der Waals surface area contributed by atoms with Crippen molar-refractivity contribution in [2.45, 2.75) is 25.2 Å². The number of halogens is 3. The minimum atomic E-state index is -4.71. The van der Waals surface area contributed by atoms with Crippen molar-refractivity contribution in [3.63, 3.8) is 0 Å². The summed E-state index contributed by atoms with van der Waals surface area (Å²) in [7, 11) is 0. The first kappa shape index (κ1) is 20.3. The van der Waals surface area contributed by atoms with Crippen molar-refractivity contribution in [1.82, 2.24) is 15.1 Å². The Morgan fingerprint density at radius 1 is 1.17 bits per heavy atom. The van der Waals surface area contributed by atoms with Crippen molar-refractivity contribution in [2.24, 2.45) is 0 Å². The largest absolute Gasteiger partial charge is 0.573 e. The highest BCUT2D eigenvalue weighted by atomic mass is 32.1. The molecular formula is C20H20F3N5OS. The van der Waals surface area contributed by atoms with Gasteiger partial charge in [-0.3, -0.25) is 5.10 Å². The van der Waals surface area contributed by atoms with E-state index in [-0.39, 0.29) is 11.8 Å². The average molecular weight is 435 g/mol. The van der Waals surface area contributed by atoms with Crippen LogP contribution in [-0.4, -0.2) is 45.7 Å². The lowest BCUT2D eigenvalue weighted by atomic mass is 10.1. The van der Waals surface area contributed by atoms with Gasteiger partial charge < -0.3 is 20.3 Å². The van der Waals surface area contributed by atoms with Crippen molar-refractivity contribution in [2.75, 3.05) is 23.7 Å². The summed E-state index contributed by atoms with van der Waals surface area (Å²) in [5.74, 6) is -0.268. The van der Waals surface area contributed by atoms with E-state index in [2.05, 4.69) is 36.5 Å². The van der Waals surface area contributed by atoms with Crippen LogP contribution in [0.2, 0.25) is 0 Å². The topological polar surface area (TPSA) is 65.2 Å². The van der Waals surface area contributed by atoms with Crippen molar-refractivity contribution in [1.29, 1.82) is 0 Å². The second-order valence-electron chi connectivity index (χ2n) is 7.10. The maximum absolute atomic E-state index is 12.3. The number of anilines is 2. The summed E-state index contributed by atoms with van der Waals surface area (Å²) < 4.78 is 40.7. The van der Waals surface area contributed by atoms with E-state index in [1.165, 1.54) is 24.3 Å². The van der Waals surface area contributed by atoms with Crippen LogP contribution in [0.1, 0.15) is 12.8 Å². The van der Waals surface area contributed by atoms with Gasteiger partial charge in [-0.1, -0.05) is 0 Å². The average Bonchev–Trinajstić information content (AvgIpc) is 3.16. The predicted molar refractivity (Wildman–Crippen MR) is 114 cm³/mol. The molecule has 1 aromatic heterocycles. The Labute approximate surface area is 176 Å². The Bertz CT molecular complexity index is 1020. The Morgan fingerprint density at radius 3 is 2.70 bits per heavy atom. The van der Waals surface area contributed by atoms with Crippen molar-refractivity contribution >= 4 is 39.6 Å². The van der Waals surface area contributed by atoms with Crippen LogP contribution >= 0.6 is 12.2 Å². The third kappa shape index (κ3) is 5.12. The molecule has 0 radical (unpaired) electrons. The van der Waals surface area contributed by atoms with Gasteiger partial charge in [-0.15, -0.1) is 13.2 Å². The predicted octanol–water partition coefficient (Wildman–Crippen LogP) is 4.73. The van der Waals surface area contributed by atoms with Crippen molar-refractivity contribution in [3.05, 3.63) is 48.7 Å². The lowest BCUT2D eigenvalue weighted by molar-refractivity contribution is -0.274. The number of piperidine rings is 1. The Hall–Kier alpha value is -3.01. The smallest absolute Gasteiger partial charge is 0.406 e. The number of fused-ring (bicyclic) bond motifs is 1. The number of likely N-dealkylation sites (tertiary alicyclic amines) is 1. The van der Waals surface area contributed by atoms with Crippen LogP contribution < -0.4 is 15.4 Å². The fourth-order valence-electron chi connectivity index (χ4n) is 3.49. The third-order valence-electron chi connectivity index (χ3n) is 4.86. The molecule has 0 spiro atoms. The van der Waals surface area contributed by atoms with E-state index in [0.717, 1.165) is 42.5 Å². The maximum atomic E-state index is 12.3. The Balaban J connectivity index is 1.33. The molecule has 1 aliphatic heterocycles. The maximum Gasteiger partial charge on any atom is 0.573 e. The first-order valence-corrected chi connectivity index (χ1v) is 9.88. The number of hydrogen-bond acceptors (Lipinski definition) is 4. The van der Waals surface area contributed by atoms with Gasteiger partial charge in [-0.2, -0.15) is 5.10 Å². The molecule has 0 aliphatic carbocycles. The molecule has 3 N–H and O–H groups in total. The summed E-state index contributed by atoms with van der Waals surface area (Å²) in [5.41, 5.74) is 2.62. The molecule has 1 saturated heterocycles. The molecule has 6 nitrogen and oxygen atoms in total. The number of aromatic amines is 1. The molecule has 1 unspecified atom stereocenters. The van der Waals surface area contributed by atoms with Crippen LogP contribution in [0.4, 0.5) is 24.5 Å². The minimum absolute atomic E-state index is 0.227. The molecule has 158 valence electrons. The van der Waals surface area contributed by atoms with Gasteiger partial charge in [-0.05, 0) is 67.5 Å². The van der Waals surface area contributed by atoms with E-state index < -0.39 is 6.36 Å². The highest BCUT2D eigenvalue weighted by molar-refractivity contribution is 7.80. The molecule has 1 fully saturated rings. The number of thiocarbonyl (C=S) groups is 1.